The number of hydrogen-bond acceptors (Lipinski definition) is 6. The third-order valence-corrected chi connectivity index (χ3v) is 6.10. The molecule has 0 radical (unpaired) electrons. The summed E-state index contributed by atoms with van der Waals surface area (Å²) in [4.78, 5) is 36.5. The number of hydrogen-bond donors (Lipinski definition) is 0. The number of aromatic nitrogens is 2. The molecule has 0 atom stereocenters. The lowest BCUT2D eigenvalue weighted by molar-refractivity contribution is 0.0981. The predicted molar refractivity (Wildman–Crippen MR) is 122 cm³/mol. The predicted octanol–water partition coefficient (Wildman–Crippen LogP) is 5.30. The van der Waals surface area contributed by atoms with E-state index in [1.165, 1.54) is 16.2 Å². The second kappa shape index (κ2) is 7.94. The quantitative estimate of drug-likeness (QED) is 0.349. The highest BCUT2D eigenvalue weighted by atomic mass is 35.5. The Balaban J connectivity index is 1.64. The molecule has 0 unspecified atom stereocenters. The standard InChI is InChI=1S/C23H14ClN3O3S/c24-17-8-5-10-19-20(17)26-23(31-19)27(13-15-7-3-4-11-25-15)21(28)16-12-14-6-1-2-9-18(14)30-22(16)29/h1-12H,13H2. The van der Waals surface area contributed by atoms with Crippen LogP contribution in [-0.4, -0.2) is 15.9 Å². The summed E-state index contributed by atoms with van der Waals surface area (Å²) < 4.78 is 6.21. The molecule has 3 heterocycles. The molecule has 0 aliphatic rings. The lowest BCUT2D eigenvalue weighted by Gasteiger charge is -2.19. The van der Waals surface area contributed by atoms with Gasteiger partial charge in [0.15, 0.2) is 5.13 Å². The number of rotatable bonds is 4. The summed E-state index contributed by atoms with van der Waals surface area (Å²) in [5.41, 5.74) is 0.917. The number of carbonyl (C=O) groups excluding carboxylic acids is 1. The van der Waals surface area contributed by atoms with Crippen molar-refractivity contribution in [2.24, 2.45) is 0 Å². The molecule has 6 nitrogen and oxygen atoms in total. The molecule has 152 valence electrons. The van der Waals surface area contributed by atoms with Crippen LogP contribution >= 0.6 is 22.9 Å². The van der Waals surface area contributed by atoms with Crippen molar-refractivity contribution < 1.29 is 9.21 Å². The maximum atomic E-state index is 13.5. The van der Waals surface area contributed by atoms with Crippen LogP contribution in [0.1, 0.15) is 16.1 Å². The molecule has 2 aromatic carbocycles. The Morgan fingerprint density at radius 3 is 2.71 bits per heavy atom. The molecular weight excluding hydrogens is 434 g/mol. The lowest BCUT2D eigenvalue weighted by Crippen LogP contribution is -2.34. The average molecular weight is 448 g/mol. The first kappa shape index (κ1) is 19.4. The van der Waals surface area contributed by atoms with Gasteiger partial charge < -0.3 is 4.42 Å². The molecule has 0 N–H and O–H groups in total. The average Bonchev–Trinajstić information content (AvgIpc) is 3.23. The van der Waals surface area contributed by atoms with Crippen molar-refractivity contribution >= 4 is 55.2 Å². The highest BCUT2D eigenvalue weighted by molar-refractivity contribution is 7.22. The highest BCUT2D eigenvalue weighted by Crippen LogP contribution is 2.34. The smallest absolute Gasteiger partial charge is 0.349 e. The Morgan fingerprint density at radius 1 is 1.06 bits per heavy atom. The summed E-state index contributed by atoms with van der Waals surface area (Å²) in [6, 6.07) is 19.5. The summed E-state index contributed by atoms with van der Waals surface area (Å²) in [5, 5.41) is 1.58. The van der Waals surface area contributed by atoms with Crippen LogP contribution in [0, 0.1) is 0 Å². The molecule has 3 aromatic heterocycles. The molecule has 0 spiro atoms. The molecule has 0 aliphatic carbocycles. The van der Waals surface area contributed by atoms with Gasteiger partial charge in [-0.25, -0.2) is 9.78 Å². The zero-order valence-corrected chi connectivity index (χ0v) is 17.6. The summed E-state index contributed by atoms with van der Waals surface area (Å²) in [6.07, 6.45) is 1.65. The number of carbonyl (C=O) groups is 1. The summed E-state index contributed by atoms with van der Waals surface area (Å²) in [5.74, 6) is -0.514. The SMILES string of the molecule is O=C(c1cc2ccccc2oc1=O)N(Cc1ccccn1)c1nc2c(Cl)cccc2s1. The third-order valence-electron chi connectivity index (χ3n) is 4.75. The molecule has 0 saturated heterocycles. The third kappa shape index (κ3) is 3.69. The molecule has 31 heavy (non-hydrogen) atoms. The fourth-order valence-corrected chi connectivity index (χ4v) is 4.52. The topological polar surface area (TPSA) is 76.3 Å². The molecule has 5 rings (SSSR count). The van der Waals surface area contributed by atoms with E-state index < -0.39 is 11.5 Å². The van der Waals surface area contributed by atoms with Crippen molar-refractivity contribution in [3.05, 3.63) is 99.6 Å². The molecule has 5 aromatic rings. The molecule has 0 aliphatic heterocycles. The van der Waals surface area contributed by atoms with Crippen molar-refractivity contribution in [1.29, 1.82) is 0 Å². The normalized spacial score (nSPS) is 11.1. The van der Waals surface area contributed by atoms with Gasteiger partial charge in [-0.15, -0.1) is 0 Å². The Bertz CT molecular complexity index is 1480. The number of anilines is 1. The molecule has 0 bridgehead atoms. The van der Waals surface area contributed by atoms with Gasteiger partial charge in [-0.05, 0) is 36.4 Å². The fraction of sp³-hybridized carbons (Fsp3) is 0.0435. The van der Waals surface area contributed by atoms with Crippen LogP contribution in [0.25, 0.3) is 21.2 Å². The van der Waals surface area contributed by atoms with Crippen LogP contribution in [0.4, 0.5) is 5.13 Å². The highest BCUT2D eigenvalue weighted by Gasteiger charge is 2.26. The van der Waals surface area contributed by atoms with E-state index in [1.807, 2.05) is 30.3 Å². The minimum atomic E-state index is -0.700. The van der Waals surface area contributed by atoms with Crippen LogP contribution < -0.4 is 10.5 Å². The number of pyridine rings is 1. The number of benzene rings is 2. The maximum Gasteiger partial charge on any atom is 0.349 e. The summed E-state index contributed by atoms with van der Waals surface area (Å²) in [6.45, 7) is 0.142. The van der Waals surface area contributed by atoms with E-state index in [0.717, 1.165) is 4.70 Å². The lowest BCUT2D eigenvalue weighted by atomic mass is 10.1. The first-order valence-electron chi connectivity index (χ1n) is 9.40. The Morgan fingerprint density at radius 2 is 1.90 bits per heavy atom. The minimum Gasteiger partial charge on any atom is -0.422 e. The molecule has 0 saturated carbocycles. The van der Waals surface area contributed by atoms with E-state index in [4.69, 9.17) is 16.0 Å². The zero-order chi connectivity index (χ0) is 21.4. The van der Waals surface area contributed by atoms with Gasteiger partial charge in [0.25, 0.3) is 5.91 Å². The van der Waals surface area contributed by atoms with E-state index >= 15 is 0 Å². The molecular formula is C23H14ClN3O3S. The molecule has 1 amide bonds. The van der Waals surface area contributed by atoms with Gasteiger partial charge in [0.2, 0.25) is 0 Å². The second-order valence-corrected chi connectivity index (χ2v) is 8.20. The largest absolute Gasteiger partial charge is 0.422 e. The van der Waals surface area contributed by atoms with Crippen molar-refractivity contribution in [3.63, 3.8) is 0 Å². The first-order chi connectivity index (χ1) is 15.1. The second-order valence-electron chi connectivity index (χ2n) is 6.78. The van der Waals surface area contributed by atoms with Gasteiger partial charge in [0, 0.05) is 11.6 Å². The summed E-state index contributed by atoms with van der Waals surface area (Å²) in [7, 11) is 0. The van der Waals surface area contributed by atoms with Crippen LogP contribution in [-0.2, 0) is 6.54 Å². The van der Waals surface area contributed by atoms with Gasteiger partial charge in [-0.1, -0.05) is 53.3 Å². The minimum absolute atomic E-state index is 0.0695. The van der Waals surface area contributed by atoms with E-state index in [9.17, 15) is 9.59 Å². The van der Waals surface area contributed by atoms with Crippen LogP contribution in [0.15, 0.2) is 82.1 Å². The van der Waals surface area contributed by atoms with Crippen LogP contribution in [0.3, 0.4) is 0 Å². The van der Waals surface area contributed by atoms with Crippen molar-refractivity contribution in [3.8, 4) is 0 Å². The number of amides is 1. The first-order valence-corrected chi connectivity index (χ1v) is 10.6. The number of halogens is 1. The van der Waals surface area contributed by atoms with E-state index in [1.54, 1.807) is 42.6 Å². The number of para-hydroxylation sites is 2. The number of fused-ring (bicyclic) bond motifs is 2. The number of thiazole rings is 1. The van der Waals surface area contributed by atoms with Crippen molar-refractivity contribution in [1.82, 2.24) is 9.97 Å². The fourth-order valence-electron chi connectivity index (χ4n) is 3.26. The van der Waals surface area contributed by atoms with Gasteiger partial charge in [-0.3, -0.25) is 14.7 Å². The maximum absolute atomic E-state index is 13.5. The Kier molecular flexibility index (Phi) is 4.97. The van der Waals surface area contributed by atoms with E-state index in [2.05, 4.69) is 9.97 Å². The molecule has 0 fully saturated rings. The van der Waals surface area contributed by atoms with Crippen molar-refractivity contribution in [2.75, 3.05) is 4.90 Å². The van der Waals surface area contributed by atoms with Crippen LogP contribution in [0.5, 0.6) is 0 Å². The van der Waals surface area contributed by atoms with Gasteiger partial charge >= 0.3 is 5.63 Å². The molecule has 8 heteroatoms. The number of nitrogens with zero attached hydrogens (tertiary/aromatic N) is 3. The van der Waals surface area contributed by atoms with E-state index in [0.29, 0.717) is 32.3 Å². The Hall–Kier alpha value is -3.55. The van der Waals surface area contributed by atoms with Crippen molar-refractivity contribution in [2.45, 2.75) is 6.54 Å². The van der Waals surface area contributed by atoms with Gasteiger partial charge in [0.05, 0.1) is 22.0 Å². The summed E-state index contributed by atoms with van der Waals surface area (Å²) >= 11 is 7.61. The monoisotopic (exact) mass is 447 g/mol. The Labute approximate surface area is 185 Å². The zero-order valence-electron chi connectivity index (χ0n) is 16.0. The van der Waals surface area contributed by atoms with Crippen LogP contribution in [0.2, 0.25) is 5.02 Å². The van der Waals surface area contributed by atoms with Gasteiger partial charge in [0.1, 0.15) is 16.7 Å². The van der Waals surface area contributed by atoms with E-state index in [-0.39, 0.29) is 12.1 Å². The van der Waals surface area contributed by atoms with Gasteiger partial charge in [-0.2, -0.15) is 0 Å².